The maximum absolute atomic E-state index is 12.2. The van der Waals surface area contributed by atoms with Gasteiger partial charge < -0.3 is 10.6 Å². The van der Waals surface area contributed by atoms with Crippen molar-refractivity contribution >= 4 is 21.6 Å². The Bertz CT molecular complexity index is 593. The van der Waals surface area contributed by atoms with Crippen LogP contribution in [0, 0.1) is 0 Å². The second-order valence-electron chi connectivity index (χ2n) is 5.08. The third kappa shape index (κ3) is 4.26. The Morgan fingerprint density at radius 3 is 2.86 bits per heavy atom. The number of anilines is 1. The minimum atomic E-state index is -3.50. The summed E-state index contributed by atoms with van der Waals surface area (Å²) in [5.41, 5.74) is 0.488. The molecule has 0 bridgehead atoms. The van der Waals surface area contributed by atoms with E-state index < -0.39 is 10.0 Å². The lowest BCUT2D eigenvalue weighted by Gasteiger charge is -2.16. The molecule has 1 atom stereocenters. The van der Waals surface area contributed by atoms with E-state index in [1.165, 1.54) is 19.2 Å². The average molecular weight is 311 g/mol. The lowest BCUT2D eigenvalue weighted by atomic mass is 10.1. The maximum Gasteiger partial charge on any atom is 0.241 e. The van der Waals surface area contributed by atoms with Crippen LogP contribution in [0.2, 0.25) is 0 Å². The summed E-state index contributed by atoms with van der Waals surface area (Å²) in [4.78, 5) is 12.3. The summed E-state index contributed by atoms with van der Waals surface area (Å²) in [5, 5.41) is 6.00. The number of carbonyl (C=O) groups excluding carboxylic acids is 1. The van der Waals surface area contributed by atoms with Gasteiger partial charge in [-0.25, -0.2) is 13.1 Å². The fraction of sp³-hybridized carbons (Fsp3) is 0.500. The first-order valence-corrected chi connectivity index (χ1v) is 8.59. The number of hydrogen-bond donors (Lipinski definition) is 3. The predicted molar refractivity (Wildman–Crippen MR) is 81.6 cm³/mol. The number of amides is 1. The minimum absolute atomic E-state index is 0.115. The van der Waals surface area contributed by atoms with Gasteiger partial charge >= 0.3 is 0 Å². The zero-order chi connectivity index (χ0) is 15.3. The van der Waals surface area contributed by atoms with Crippen LogP contribution < -0.4 is 15.4 Å². The highest BCUT2D eigenvalue weighted by molar-refractivity contribution is 7.89. The highest BCUT2D eigenvalue weighted by Gasteiger charge is 2.20. The van der Waals surface area contributed by atoms with Crippen molar-refractivity contribution in [2.75, 3.05) is 18.9 Å². The molecule has 0 saturated carbocycles. The van der Waals surface area contributed by atoms with Crippen molar-refractivity contribution in [1.82, 2.24) is 10.0 Å². The van der Waals surface area contributed by atoms with Crippen molar-refractivity contribution in [3.63, 3.8) is 0 Å². The van der Waals surface area contributed by atoms with Gasteiger partial charge in [0.25, 0.3) is 0 Å². The summed E-state index contributed by atoms with van der Waals surface area (Å²) in [5.74, 6) is -0.115. The van der Waals surface area contributed by atoms with Crippen LogP contribution in [0.4, 0.5) is 5.69 Å². The molecule has 1 aromatic carbocycles. The fourth-order valence-corrected chi connectivity index (χ4v) is 3.12. The number of carbonyl (C=O) groups is 1. The number of benzene rings is 1. The van der Waals surface area contributed by atoms with E-state index >= 15 is 0 Å². The van der Waals surface area contributed by atoms with Gasteiger partial charge in [0.2, 0.25) is 15.9 Å². The summed E-state index contributed by atoms with van der Waals surface area (Å²) < 4.78 is 25.8. The standard InChI is InChI=1S/C14H21N3O3S/c1-15-21(19,20)12-7-5-6-11(10-12)17-14(18)13-8-3-2-4-9-16-13/h5-7,10,13,15-16H,2-4,8-9H2,1H3,(H,17,18). The monoisotopic (exact) mass is 311 g/mol. The molecule has 116 valence electrons. The molecule has 1 fully saturated rings. The molecule has 1 aromatic rings. The van der Waals surface area contributed by atoms with E-state index in [0.29, 0.717) is 5.69 Å². The van der Waals surface area contributed by atoms with Gasteiger partial charge in [0.15, 0.2) is 0 Å². The molecule has 0 radical (unpaired) electrons. The Labute approximate surface area is 125 Å². The molecule has 0 aliphatic carbocycles. The van der Waals surface area contributed by atoms with E-state index in [4.69, 9.17) is 0 Å². The Morgan fingerprint density at radius 2 is 2.10 bits per heavy atom. The van der Waals surface area contributed by atoms with E-state index in [2.05, 4.69) is 15.4 Å². The van der Waals surface area contributed by atoms with Gasteiger partial charge in [0, 0.05) is 5.69 Å². The molecular weight excluding hydrogens is 290 g/mol. The first kappa shape index (κ1) is 15.9. The fourth-order valence-electron chi connectivity index (χ4n) is 2.34. The lowest BCUT2D eigenvalue weighted by Crippen LogP contribution is -2.39. The molecule has 0 spiro atoms. The highest BCUT2D eigenvalue weighted by atomic mass is 32.2. The normalized spacial score (nSPS) is 19.8. The van der Waals surface area contributed by atoms with Crippen molar-refractivity contribution in [2.45, 2.75) is 36.6 Å². The number of hydrogen-bond acceptors (Lipinski definition) is 4. The molecule has 21 heavy (non-hydrogen) atoms. The van der Waals surface area contributed by atoms with Gasteiger partial charge in [0.1, 0.15) is 0 Å². The summed E-state index contributed by atoms with van der Waals surface area (Å²) in [6, 6.07) is 6.03. The third-order valence-corrected chi connectivity index (χ3v) is 4.97. The van der Waals surface area contributed by atoms with Crippen LogP contribution in [0.15, 0.2) is 29.2 Å². The largest absolute Gasteiger partial charge is 0.325 e. The van der Waals surface area contributed by atoms with Crippen molar-refractivity contribution in [3.8, 4) is 0 Å². The molecular formula is C14H21N3O3S. The molecule has 3 N–H and O–H groups in total. The van der Waals surface area contributed by atoms with Gasteiger partial charge in [-0.15, -0.1) is 0 Å². The van der Waals surface area contributed by atoms with Gasteiger partial charge in [-0.3, -0.25) is 4.79 Å². The Hall–Kier alpha value is -1.44. The third-order valence-electron chi connectivity index (χ3n) is 3.56. The second kappa shape index (κ2) is 7.02. The van der Waals surface area contributed by atoms with Gasteiger partial charge in [-0.1, -0.05) is 18.9 Å². The highest BCUT2D eigenvalue weighted by Crippen LogP contribution is 2.16. The molecule has 1 aliphatic heterocycles. The summed E-state index contributed by atoms with van der Waals surface area (Å²) in [7, 11) is -2.15. The van der Waals surface area contributed by atoms with Crippen LogP contribution in [-0.2, 0) is 14.8 Å². The number of rotatable bonds is 4. The van der Waals surface area contributed by atoms with Crippen LogP contribution in [0.3, 0.4) is 0 Å². The number of sulfonamides is 1. The van der Waals surface area contributed by atoms with Crippen LogP contribution >= 0.6 is 0 Å². The quantitative estimate of drug-likeness (QED) is 0.776. The molecule has 6 nitrogen and oxygen atoms in total. The van der Waals surface area contributed by atoms with Gasteiger partial charge in [-0.05, 0) is 44.6 Å². The molecule has 1 amide bonds. The molecule has 0 aromatic heterocycles. The van der Waals surface area contributed by atoms with Crippen molar-refractivity contribution in [3.05, 3.63) is 24.3 Å². The first-order valence-electron chi connectivity index (χ1n) is 7.11. The molecule has 1 unspecified atom stereocenters. The van der Waals surface area contributed by atoms with E-state index in [0.717, 1.165) is 32.2 Å². The maximum atomic E-state index is 12.2. The zero-order valence-corrected chi connectivity index (χ0v) is 12.9. The topological polar surface area (TPSA) is 87.3 Å². The summed E-state index contributed by atoms with van der Waals surface area (Å²) in [6.45, 7) is 0.840. The van der Waals surface area contributed by atoms with Gasteiger partial charge in [-0.2, -0.15) is 0 Å². The first-order chi connectivity index (χ1) is 10.0. The number of nitrogens with one attached hydrogen (secondary N) is 3. The van der Waals surface area contributed by atoms with Crippen molar-refractivity contribution in [2.24, 2.45) is 0 Å². The minimum Gasteiger partial charge on any atom is -0.325 e. The molecule has 1 heterocycles. The summed E-state index contributed by atoms with van der Waals surface area (Å²) >= 11 is 0. The average Bonchev–Trinajstić information content (AvgIpc) is 2.76. The van der Waals surface area contributed by atoms with Crippen LogP contribution in [0.25, 0.3) is 0 Å². The van der Waals surface area contributed by atoms with Gasteiger partial charge in [0.05, 0.1) is 10.9 Å². The Balaban J connectivity index is 2.09. The van der Waals surface area contributed by atoms with E-state index in [1.54, 1.807) is 12.1 Å². The smallest absolute Gasteiger partial charge is 0.241 e. The lowest BCUT2D eigenvalue weighted by molar-refractivity contribution is -0.118. The van der Waals surface area contributed by atoms with E-state index in [9.17, 15) is 13.2 Å². The molecule has 7 heteroatoms. The Morgan fingerprint density at radius 1 is 1.29 bits per heavy atom. The predicted octanol–water partition coefficient (Wildman–Crippen LogP) is 1.07. The van der Waals surface area contributed by atoms with Crippen molar-refractivity contribution in [1.29, 1.82) is 0 Å². The summed E-state index contributed by atoms with van der Waals surface area (Å²) in [6.07, 6.45) is 4.05. The molecule has 1 saturated heterocycles. The van der Waals surface area contributed by atoms with E-state index in [-0.39, 0.29) is 16.8 Å². The van der Waals surface area contributed by atoms with Crippen LogP contribution in [0.5, 0.6) is 0 Å². The zero-order valence-electron chi connectivity index (χ0n) is 12.1. The van der Waals surface area contributed by atoms with E-state index in [1.807, 2.05) is 0 Å². The molecule has 2 rings (SSSR count). The SMILES string of the molecule is CNS(=O)(=O)c1cccc(NC(=O)C2CCCCCN2)c1. The van der Waals surface area contributed by atoms with Crippen LogP contribution in [0.1, 0.15) is 25.7 Å². The Kier molecular flexibility index (Phi) is 5.33. The molecule has 1 aliphatic rings. The second-order valence-corrected chi connectivity index (χ2v) is 6.97. The van der Waals surface area contributed by atoms with Crippen molar-refractivity contribution < 1.29 is 13.2 Å². The van der Waals surface area contributed by atoms with Crippen LogP contribution in [-0.4, -0.2) is 34.0 Å².